The second-order valence-electron chi connectivity index (χ2n) is 4.06. The van der Waals surface area contributed by atoms with E-state index in [-0.39, 0.29) is 12.4 Å². The molecule has 2 aromatic rings. The van der Waals surface area contributed by atoms with Gasteiger partial charge in [0.1, 0.15) is 10.1 Å². The van der Waals surface area contributed by atoms with Crippen LogP contribution >= 0.6 is 46.1 Å². The minimum atomic E-state index is -0.203. The molecule has 20 heavy (non-hydrogen) atoms. The van der Waals surface area contributed by atoms with Gasteiger partial charge in [0.2, 0.25) is 5.78 Å². The lowest BCUT2D eigenvalue weighted by atomic mass is 10.1. The maximum Gasteiger partial charge on any atom is 0.202 e. The summed E-state index contributed by atoms with van der Waals surface area (Å²) in [5, 5.41) is 0.693. The van der Waals surface area contributed by atoms with Crippen LogP contribution in [0.5, 0.6) is 5.75 Å². The molecule has 0 aliphatic heterocycles. The summed E-state index contributed by atoms with van der Waals surface area (Å²) in [7, 11) is 0. The summed E-state index contributed by atoms with van der Waals surface area (Å²) in [6.45, 7) is 1.92. The number of hydrogen-bond donors (Lipinski definition) is 0. The number of benzene rings is 1. The maximum absolute atomic E-state index is 12.0. The Morgan fingerprint density at radius 1 is 1.25 bits per heavy atom. The predicted octanol–water partition coefficient (Wildman–Crippen LogP) is 5.53. The standard InChI is InChI=1S/C14H11Cl3O2S/c1-2-8-5-9(3-4-11(8)15)19-7-12(18)10-6-13(16)20-14(10)17/h3-6H,2,7H2,1H3. The summed E-state index contributed by atoms with van der Waals surface area (Å²) in [5.74, 6) is 0.406. The van der Waals surface area contributed by atoms with Gasteiger partial charge in [-0.25, -0.2) is 0 Å². The Hall–Kier alpha value is -0.740. The first-order valence-electron chi connectivity index (χ1n) is 5.90. The molecule has 0 aliphatic rings. The molecule has 106 valence electrons. The molecule has 0 radical (unpaired) electrons. The van der Waals surface area contributed by atoms with Gasteiger partial charge in [0, 0.05) is 5.02 Å². The molecule has 1 aromatic heterocycles. The van der Waals surface area contributed by atoms with Gasteiger partial charge < -0.3 is 4.74 Å². The molecule has 0 bridgehead atoms. The zero-order valence-corrected chi connectivity index (χ0v) is 13.7. The van der Waals surface area contributed by atoms with Gasteiger partial charge in [0.05, 0.1) is 9.90 Å². The van der Waals surface area contributed by atoms with Gasteiger partial charge >= 0.3 is 0 Å². The summed E-state index contributed by atoms with van der Waals surface area (Å²) in [4.78, 5) is 12.0. The molecule has 0 unspecified atom stereocenters. The fraction of sp³-hybridized carbons (Fsp3) is 0.214. The minimum Gasteiger partial charge on any atom is -0.485 e. The Morgan fingerprint density at radius 2 is 2.00 bits per heavy atom. The average Bonchev–Trinajstić information content (AvgIpc) is 2.76. The van der Waals surface area contributed by atoms with E-state index in [1.165, 1.54) is 0 Å². The van der Waals surface area contributed by atoms with E-state index in [2.05, 4.69) is 0 Å². The molecule has 0 amide bonds. The number of aryl methyl sites for hydroxylation is 1. The van der Waals surface area contributed by atoms with Crippen LogP contribution in [0.25, 0.3) is 0 Å². The molecule has 0 atom stereocenters. The highest BCUT2D eigenvalue weighted by Crippen LogP contribution is 2.31. The molecular formula is C14H11Cl3O2S. The van der Waals surface area contributed by atoms with Crippen molar-refractivity contribution in [3.05, 3.63) is 49.1 Å². The summed E-state index contributed by atoms with van der Waals surface area (Å²) in [5.41, 5.74) is 1.37. The minimum absolute atomic E-state index is 0.0857. The van der Waals surface area contributed by atoms with E-state index in [0.717, 1.165) is 23.3 Å². The van der Waals surface area contributed by atoms with Crippen molar-refractivity contribution < 1.29 is 9.53 Å². The topological polar surface area (TPSA) is 26.3 Å². The summed E-state index contributed by atoms with van der Waals surface area (Å²) in [6, 6.07) is 6.88. The van der Waals surface area contributed by atoms with Crippen molar-refractivity contribution in [3.8, 4) is 5.75 Å². The molecule has 0 N–H and O–H groups in total. The SMILES string of the molecule is CCc1cc(OCC(=O)c2cc(Cl)sc2Cl)ccc1Cl. The van der Waals surface area contributed by atoms with Crippen LogP contribution < -0.4 is 4.74 Å². The third-order valence-electron chi connectivity index (χ3n) is 2.73. The fourth-order valence-electron chi connectivity index (χ4n) is 1.67. The van der Waals surface area contributed by atoms with Gasteiger partial charge in [0.15, 0.2) is 6.61 Å². The largest absolute Gasteiger partial charge is 0.485 e. The summed E-state index contributed by atoms with van der Waals surface area (Å²) < 4.78 is 6.35. The predicted molar refractivity (Wildman–Crippen MR) is 85.0 cm³/mol. The van der Waals surface area contributed by atoms with Crippen LogP contribution in [0.1, 0.15) is 22.8 Å². The van der Waals surface area contributed by atoms with E-state index in [4.69, 9.17) is 39.5 Å². The highest BCUT2D eigenvalue weighted by atomic mass is 35.5. The Morgan fingerprint density at radius 3 is 2.60 bits per heavy atom. The normalized spacial score (nSPS) is 10.6. The lowest BCUT2D eigenvalue weighted by molar-refractivity contribution is 0.0922. The van der Waals surface area contributed by atoms with Crippen LogP contribution in [-0.4, -0.2) is 12.4 Å². The van der Waals surface area contributed by atoms with Gasteiger partial charge in [-0.05, 0) is 36.2 Å². The lowest BCUT2D eigenvalue weighted by Gasteiger charge is -2.08. The number of ketones is 1. The van der Waals surface area contributed by atoms with Crippen LogP contribution in [0.4, 0.5) is 0 Å². The quantitative estimate of drug-likeness (QED) is 0.663. The van der Waals surface area contributed by atoms with Gasteiger partial charge in [-0.2, -0.15) is 0 Å². The van der Waals surface area contributed by atoms with E-state index in [9.17, 15) is 4.79 Å². The number of thiophene rings is 1. The van der Waals surface area contributed by atoms with Gasteiger partial charge in [-0.3, -0.25) is 4.79 Å². The zero-order valence-electron chi connectivity index (χ0n) is 10.6. The highest BCUT2D eigenvalue weighted by Gasteiger charge is 2.15. The average molecular weight is 350 g/mol. The van der Waals surface area contributed by atoms with Crippen LogP contribution in [-0.2, 0) is 6.42 Å². The number of ether oxygens (including phenoxy) is 1. The highest BCUT2D eigenvalue weighted by molar-refractivity contribution is 7.20. The Kier molecular flexibility index (Phi) is 5.33. The van der Waals surface area contributed by atoms with Crippen LogP contribution in [0, 0.1) is 0 Å². The molecule has 0 fully saturated rings. The number of carbonyl (C=O) groups excluding carboxylic acids is 1. The monoisotopic (exact) mass is 348 g/mol. The number of carbonyl (C=O) groups is 1. The van der Waals surface area contributed by atoms with E-state index < -0.39 is 0 Å². The number of rotatable bonds is 5. The van der Waals surface area contributed by atoms with E-state index in [1.807, 2.05) is 13.0 Å². The lowest BCUT2D eigenvalue weighted by Crippen LogP contribution is -2.11. The number of Topliss-reactive ketones (excluding diaryl/α,β-unsaturated/α-hetero) is 1. The smallest absolute Gasteiger partial charge is 0.202 e. The van der Waals surface area contributed by atoms with Crippen LogP contribution in [0.3, 0.4) is 0 Å². The third kappa shape index (κ3) is 3.67. The molecule has 1 heterocycles. The molecule has 1 aromatic carbocycles. The van der Waals surface area contributed by atoms with Gasteiger partial charge in [-0.15, -0.1) is 11.3 Å². The van der Waals surface area contributed by atoms with Gasteiger partial charge in [0.25, 0.3) is 0 Å². The molecule has 0 spiro atoms. The van der Waals surface area contributed by atoms with Gasteiger partial charge in [-0.1, -0.05) is 41.7 Å². The maximum atomic E-state index is 12.0. The molecule has 6 heteroatoms. The number of hydrogen-bond acceptors (Lipinski definition) is 3. The third-order valence-corrected chi connectivity index (χ3v) is 4.58. The molecule has 0 saturated heterocycles. The van der Waals surface area contributed by atoms with Crippen molar-refractivity contribution in [2.45, 2.75) is 13.3 Å². The van der Waals surface area contributed by atoms with Crippen molar-refractivity contribution in [1.29, 1.82) is 0 Å². The van der Waals surface area contributed by atoms with E-state index in [0.29, 0.717) is 25.0 Å². The molecular weight excluding hydrogens is 339 g/mol. The first-order chi connectivity index (χ1) is 9.51. The van der Waals surface area contributed by atoms with Crippen LogP contribution in [0.15, 0.2) is 24.3 Å². The van der Waals surface area contributed by atoms with Crippen LogP contribution in [0.2, 0.25) is 13.7 Å². The first kappa shape index (κ1) is 15.6. The molecule has 0 aliphatic carbocycles. The zero-order chi connectivity index (χ0) is 14.7. The summed E-state index contributed by atoms with van der Waals surface area (Å²) in [6.07, 6.45) is 0.802. The van der Waals surface area contributed by atoms with Crippen molar-refractivity contribution >= 4 is 51.9 Å². The molecule has 2 nitrogen and oxygen atoms in total. The Balaban J connectivity index is 2.05. The number of halogens is 3. The van der Waals surface area contributed by atoms with Crippen molar-refractivity contribution in [3.63, 3.8) is 0 Å². The fourth-order valence-corrected chi connectivity index (χ4v) is 3.42. The van der Waals surface area contributed by atoms with Crippen molar-refractivity contribution in [1.82, 2.24) is 0 Å². The van der Waals surface area contributed by atoms with E-state index >= 15 is 0 Å². The second-order valence-corrected chi connectivity index (χ2v) is 6.75. The summed E-state index contributed by atoms with van der Waals surface area (Å²) >= 11 is 18.9. The first-order valence-corrected chi connectivity index (χ1v) is 7.85. The molecule has 2 rings (SSSR count). The van der Waals surface area contributed by atoms with Crippen molar-refractivity contribution in [2.75, 3.05) is 6.61 Å². The molecule has 0 saturated carbocycles. The van der Waals surface area contributed by atoms with E-state index in [1.54, 1.807) is 18.2 Å². The second kappa shape index (κ2) is 6.81. The Bertz CT molecular complexity index is 637. The Labute approximate surface area is 136 Å². The van der Waals surface area contributed by atoms with Crippen molar-refractivity contribution in [2.24, 2.45) is 0 Å².